The molecule has 9 rings (SSSR count). The topological polar surface area (TPSA) is 159 Å². The van der Waals surface area contributed by atoms with Gasteiger partial charge in [-0.05, 0) is 98.7 Å². The Morgan fingerprint density at radius 3 is 0.556 bits per heavy atom. The summed E-state index contributed by atoms with van der Waals surface area (Å²) in [4.78, 5) is 0. The minimum atomic E-state index is -3.11. The Morgan fingerprint density at radius 2 is 0.444 bits per heavy atom. The third-order valence-corrected chi connectivity index (χ3v) is 13.8. The van der Waals surface area contributed by atoms with Crippen molar-refractivity contribution in [3.05, 3.63) is 0 Å². The molecule has 9 aliphatic rings. The molecule has 8 bridgehead atoms. The SMILES string of the molecule is C1CCC2C3NC(NC4NC(NC5NC(NC6NC(N3)C3CCCCC63)C3CCCCC53)C3CCCCC43)C2C1.O=S([O-])[O-].[Co+2]. The normalized spacial score (nSPS) is 52.0. The van der Waals surface area contributed by atoms with Crippen molar-refractivity contribution in [2.45, 2.75) is 152 Å². The maximum Gasteiger partial charge on any atom is 2.00 e. The standard InChI is InChI=1S/C32H56N8.Co.H2O3S/c1-2-10-18-17(9-1)25-33-26(18)38-28-21-13-5-6-14-22(21)30(35-28)40-32-24-16-8-7-15-23(24)31(36-32)39-29-20-12-4-3-11-19(20)27(34-29)37-25;;1-4(2)3/h17-40H,1-16H2;;(H2,1,2,3)/q;+2;/p-2. The first kappa shape index (κ1) is 33.7. The maximum atomic E-state index is 8.44. The Hall–Kier alpha value is 0.256. The van der Waals surface area contributed by atoms with Gasteiger partial charge in [0.1, 0.15) is 0 Å². The summed E-state index contributed by atoms with van der Waals surface area (Å²) in [6, 6.07) is 0. The molecule has 11 nitrogen and oxygen atoms in total. The summed E-state index contributed by atoms with van der Waals surface area (Å²) in [5.41, 5.74) is 0. The molecule has 4 aliphatic carbocycles. The molecular weight excluding hydrogens is 635 g/mol. The zero-order valence-electron chi connectivity index (χ0n) is 26.5. The molecule has 0 aromatic rings. The Kier molecular flexibility index (Phi) is 11.0. The summed E-state index contributed by atoms with van der Waals surface area (Å²) in [5.74, 6) is 5.97. The molecular formula is C32H56CoN8O3S. The van der Waals surface area contributed by atoms with Crippen molar-refractivity contribution in [3.8, 4) is 0 Å². The van der Waals surface area contributed by atoms with Crippen LogP contribution in [0.3, 0.4) is 0 Å². The van der Waals surface area contributed by atoms with Crippen LogP contribution in [0.2, 0.25) is 0 Å². The van der Waals surface area contributed by atoms with Crippen LogP contribution in [0.25, 0.3) is 0 Å². The van der Waals surface area contributed by atoms with E-state index in [1.165, 1.54) is 103 Å². The zero-order chi connectivity index (χ0) is 29.8. The van der Waals surface area contributed by atoms with E-state index in [9.17, 15) is 0 Å². The Balaban J connectivity index is 0.000000617. The van der Waals surface area contributed by atoms with Crippen molar-refractivity contribution < 1.29 is 30.1 Å². The molecule has 5 aliphatic heterocycles. The average Bonchev–Trinajstić information content (AvgIpc) is 3.76. The molecule has 13 heteroatoms. The smallest absolute Gasteiger partial charge is 0.784 e. The van der Waals surface area contributed by atoms with Gasteiger partial charge in [0.05, 0.1) is 49.3 Å². The summed E-state index contributed by atoms with van der Waals surface area (Å²) in [6.45, 7) is 0. The molecule has 5 heterocycles. The van der Waals surface area contributed by atoms with E-state index in [0.29, 0.717) is 49.3 Å². The van der Waals surface area contributed by atoms with Crippen LogP contribution < -0.4 is 42.5 Å². The van der Waals surface area contributed by atoms with Crippen molar-refractivity contribution in [1.82, 2.24) is 42.5 Å². The van der Waals surface area contributed by atoms with E-state index in [-0.39, 0.29) is 16.8 Å². The fourth-order valence-corrected chi connectivity index (χ4v) is 12.0. The van der Waals surface area contributed by atoms with E-state index in [2.05, 4.69) is 42.5 Å². The van der Waals surface area contributed by atoms with Gasteiger partial charge in [-0.1, -0.05) is 51.4 Å². The Labute approximate surface area is 282 Å². The van der Waals surface area contributed by atoms with Crippen molar-refractivity contribution in [2.75, 3.05) is 0 Å². The summed E-state index contributed by atoms with van der Waals surface area (Å²) >= 11 is -3.11. The molecule has 8 unspecified atom stereocenters. The predicted molar refractivity (Wildman–Crippen MR) is 167 cm³/mol. The third-order valence-electron chi connectivity index (χ3n) is 13.8. The Bertz CT molecular complexity index is 823. The summed E-state index contributed by atoms with van der Waals surface area (Å²) in [6.07, 6.45) is 25.6. The van der Waals surface area contributed by atoms with Gasteiger partial charge in [0, 0.05) is 0 Å². The van der Waals surface area contributed by atoms with Gasteiger partial charge in [-0.15, -0.1) is 11.4 Å². The second-order valence-electron chi connectivity index (χ2n) is 15.8. The van der Waals surface area contributed by atoms with Gasteiger partial charge in [0.15, 0.2) is 0 Å². The van der Waals surface area contributed by atoms with Crippen LogP contribution in [0, 0.1) is 47.3 Å². The molecule has 0 aromatic carbocycles. The van der Waals surface area contributed by atoms with Crippen LogP contribution in [-0.4, -0.2) is 62.6 Å². The molecule has 0 amide bonds. The quantitative estimate of drug-likeness (QED) is 0.175. The average molecular weight is 692 g/mol. The molecule has 1 radical (unpaired) electrons. The molecule has 4 saturated carbocycles. The van der Waals surface area contributed by atoms with E-state index < -0.39 is 11.4 Å². The van der Waals surface area contributed by atoms with Gasteiger partial charge in [0.2, 0.25) is 0 Å². The van der Waals surface area contributed by atoms with Crippen LogP contribution in [0.4, 0.5) is 0 Å². The molecule has 0 aromatic heterocycles. The van der Waals surface area contributed by atoms with E-state index in [4.69, 9.17) is 13.3 Å². The largest absolute Gasteiger partial charge is 2.00 e. The number of rotatable bonds is 0. The number of nitrogens with one attached hydrogen (secondary N) is 8. The summed E-state index contributed by atoms with van der Waals surface area (Å²) in [7, 11) is 0. The van der Waals surface area contributed by atoms with Crippen LogP contribution in [0.5, 0.6) is 0 Å². The molecule has 5 saturated heterocycles. The maximum absolute atomic E-state index is 8.44. The number of fused-ring (bicyclic) bond motifs is 20. The molecule has 257 valence electrons. The van der Waals surface area contributed by atoms with E-state index in [1.807, 2.05) is 0 Å². The van der Waals surface area contributed by atoms with Gasteiger partial charge in [-0.25, -0.2) is 0 Å². The Morgan fingerprint density at radius 1 is 0.333 bits per heavy atom. The third kappa shape index (κ3) is 6.74. The van der Waals surface area contributed by atoms with Crippen molar-refractivity contribution >= 4 is 11.4 Å². The molecule has 45 heavy (non-hydrogen) atoms. The van der Waals surface area contributed by atoms with E-state index in [1.54, 1.807) is 0 Å². The van der Waals surface area contributed by atoms with Crippen molar-refractivity contribution in [2.24, 2.45) is 47.3 Å². The van der Waals surface area contributed by atoms with Crippen LogP contribution >= 0.6 is 0 Å². The van der Waals surface area contributed by atoms with Crippen LogP contribution in [-0.2, 0) is 28.1 Å². The fraction of sp³-hybridized carbons (Fsp3) is 1.00. The van der Waals surface area contributed by atoms with Crippen LogP contribution in [0.15, 0.2) is 0 Å². The predicted octanol–water partition coefficient (Wildman–Crippen LogP) is 1.60. The molecule has 9 fully saturated rings. The summed E-state index contributed by atoms with van der Waals surface area (Å²) < 4.78 is 25.3. The van der Waals surface area contributed by atoms with Crippen molar-refractivity contribution in [1.29, 1.82) is 0 Å². The second-order valence-corrected chi connectivity index (χ2v) is 16.2. The van der Waals surface area contributed by atoms with Gasteiger partial charge < -0.3 is 9.11 Å². The zero-order valence-corrected chi connectivity index (χ0v) is 28.4. The van der Waals surface area contributed by atoms with E-state index >= 15 is 0 Å². The molecule has 0 spiro atoms. The van der Waals surface area contributed by atoms with Gasteiger partial charge in [0.25, 0.3) is 0 Å². The molecule has 8 N–H and O–H groups in total. The first-order valence-electron chi connectivity index (χ1n) is 18.4. The fourth-order valence-electron chi connectivity index (χ4n) is 12.0. The minimum absolute atomic E-state index is 0. The first-order chi connectivity index (χ1) is 21.5. The minimum Gasteiger partial charge on any atom is -0.784 e. The van der Waals surface area contributed by atoms with E-state index in [0.717, 1.165) is 47.3 Å². The first-order valence-corrected chi connectivity index (χ1v) is 19.4. The summed E-state index contributed by atoms with van der Waals surface area (Å²) in [5, 5.41) is 33.8. The monoisotopic (exact) mass is 691 g/mol. The van der Waals surface area contributed by atoms with Gasteiger partial charge >= 0.3 is 16.8 Å². The van der Waals surface area contributed by atoms with Gasteiger partial charge in [-0.3, -0.25) is 46.7 Å². The van der Waals surface area contributed by atoms with Gasteiger partial charge in [-0.2, -0.15) is 0 Å². The van der Waals surface area contributed by atoms with Crippen LogP contribution in [0.1, 0.15) is 103 Å². The number of hydrogen-bond acceptors (Lipinski definition) is 11. The van der Waals surface area contributed by atoms with Crippen molar-refractivity contribution in [3.63, 3.8) is 0 Å². The number of hydrogen-bond donors (Lipinski definition) is 8. The second kappa shape index (κ2) is 14.6. The molecule has 8 atom stereocenters.